The Labute approximate surface area is 157 Å². The molecule has 2 heterocycles. The largest absolute Gasteiger partial charge is 0.493 e. The molecular formula is C20H22N4O3. The summed E-state index contributed by atoms with van der Waals surface area (Å²) in [5.41, 5.74) is 4.60. The molecule has 0 N–H and O–H groups in total. The predicted molar refractivity (Wildman–Crippen MR) is 101 cm³/mol. The maximum absolute atomic E-state index is 13.0. The van der Waals surface area contributed by atoms with Gasteiger partial charge in [0.15, 0.2) is 11.5 Å². The Morgan fingerprint density at radius 3 is 2.56 bits per heavy atom. The van der Waals surface area contributed by atoms with Crippen LogP contribution < -0.4 is 9.47 Å². The molecule has 27 heavy (non-hydrogen) atoms. The molecule has 0 aliphatic carbocycles. The molecule has 3 aromatic rings. The van der Waals surface area contributed by atoms with E-state index in [1.54, 1.807) is 14.2 Å². The van der Waals surface area contributed by atoms with Crippen molar-refractivity contribution in [2.24, 2.45) is 0 Å². The van der Waals surface area contributed by atoms with Crippen molar-refractivity contribution in [2.45, 2.75) is 26.4 Å². The standard InChI is InChI=1S/C20H22N4O3/c1-4-24-17-6-5-14(9-16(17)21-22-24)20(25)23-8-7-13-10-18(26-2)19(27-3)11-15(13)12-23/h5-6,9-11H,4,7-8,12H2,1-3H3. The van der Waals surface area contributed by atoms with Crippen LogP contribution >= 0.6 is 0 Å². The van der Waals surface area contributed by atoms with Gasteiger partial charge in [0, 0.05) is 25.2 Å². The number of nitrogens with zero attached hydrogens (tertiary/aromatic N) is 4. The van der Waals surface area contributed by atoms with E-state index in [9.17, 15) is 4.79 Å². The fraction of sp³-hybridized carbons (Fsp3) is 0.350. The fourth-order valence-corrected chi connectivity index (χ4v) is 3.58. The number of hydrogen-bond acceptors (Lipinski definition) is 5. The first-order chi connectivity index (χ1) is 13.1. The molecule has 0 bridgehead atoms. The number of hydrogen-bond donors (Lipinski definition) is 0. The highest BCUT2D eigenvalue weighted by molar-refractivity contribution is 5.97. The minimum atomic E-state index is 0.00313. The van der Waals surface area contributed by atoms with Gasteiger partial charge >= 0.3 is 0 Å². The van der Waals surface area contributed by atoms with Crippen LogP contribution in [0.25, 0.3) is 11.0 Å². The van der Waals surface area contributed by atoms with Crippen molar-refractivity contribution < 1.29 is 14.3 Å². The van der Waals surface area contributed by atoms with Gasteiger partial charge in [-0.25, -0.2) is 4.68 Å². The number of methoxy groups -OCH3 is 2. The second kappa shape index (κ2) is 6.90. The van der Waals surface area contributed by atoms with Crippen LogP contribution in [0.5, 0.6) is 11.5 Å². The summed E-state index contributed by atoms with van der Waals surface area (Å²) >= 11 is 0. The van der Waals surface area contributed by atoms with E-state index in [0.29, 0.717) is 24.4 Å². The highest BCUT2D eigenvalue weighted by Crippen LogP contribution is 2.33. The molecule has 0 saturated carbocycles. The molecule has 0 spiro atoms. The summed E-state index contributed by atoms with van der Waals surface area (Å²) in [6, 6.07) is 9.55. The van der Waals surface area contributed by atoms with Crippen LogP contribution in [0.4, 0.5) is 0 Å². The molecule has 7 heteroatoms. The Balaban J connectivity index is 1.60. The number of aromatic nitrogens is 3. The van der Waals surface area contributed by atoms with Crippen LogP contribution in [0.3, 0.4) is 0 Å². The molecule has 0 saturated heterocycles. The average Bonchev–Trinajstić information content (AvgIpc) is 3.13. The monoisotopic (exact) mass is 366 g/mol. The average molecular weight is 366 g/mol. The minimum absolute atomic E-state index is 0.00313. The van der Waals surface area contributed by atoms with Crippen LogP contribution in [0.15, 0.2) is 30.3 Å². The molecule has 4 rings (SSSR count). The van der Waals surface area contributed by atoms with E-state index < -0.39 is 0 Å². The summed E-state index contributed by atoms with van der Waals surface area (Å²) in [7, 11) is 3.25. The van der Waals surface area contributed by atoms with E-state index >= 15 is 0 Å². The molecule has 0 fully saturated rings. The predicted octanol–water partition coefficient (Wildman–Crippen LogP) is 2.67. The lowest BCUT2D eigenvalue weighted by molar-refractivity contribution is 0.0734. The third-order valence-corrected chi connectivity index (χ3v) is 5.07. The van der Waals surface area contributed by atoms with Crippen LogP contribution in [0, 0.1) is 0 Å². The Morgan fingerprint density at radius 1 is 1.11 bits per heavy atom. The molecule has 0 unspecified atom stereocenters. The van der Waals surface area contributed by atoms with E-state index in [2.05, 4.69) is 10.3 Å². The highest BCUT2D eigenvalue weighted by Gasteiger charge is 2.24. The lowest BCUT2D eigenvalue weighted by atomic mass is 9.98. The van der Waals surface area contributed by atoms with E-state index in [0.717, 1.165) is 35.3 Å². The van der Waals surface area contributed by atoms with Crippen LogP contribution in [-0.4, -0.2) is 46.6 Å². The fourth-order valence-electron chi connectivity index (χ4n) is 3.58. The third kappa shape index (κ3) is 2.99. The van der Waals surface area contributed by atoms with E-state index in [4.69, 9.17) is 9.47 Å². The zero-order valence-corrected chi connectivity index (χ0v) is 15.7. The topological polar surface area (TPSA) is 69.5 Å². The van der Waals surface area contributed by atoms with Crippen molar-refractivity contribution in [3.63, 3.8) is 0 Å². The van der Waals surface area contributed by atoms with Crippen LogP contribution in [0.2, 0.25) is 0 Å². The van der Waals surface area contributed by atoms with Gasteiger partial charge in [-0.1, -0.05) is 5.21 Å². The van der Waals surface area contributed by atoms with E-state index in [1.165, 1.54) is 5.56 Å². The molecule has 1 amide bonds. The smallest absolute Gasteiger partial charge is 0.254 e. The Bertz CT molecular complexity index is 1010. The Hall–Kier alpha value is -3.09. The van der Waals surface area contributed by atoms with Gasteiger partial charge < -0.3 is 14.4 Å². The normalized spacial score (nSPS) is 13.5. The van der Waals surface area contributed by atoms with Crippen LogP contribution in [-0.2, 0) is 19.5 Å². The van der Waals surface area contributed by atoms with Crippen molar-refractivity contribution in [1.82, 2.24) is 19.9 Å². The number of carbonyl (C=O) groups excluding carboxylic acids is 1. The highest BCUT2D eigenvalue weighted by atomic mass is 16.5. The van der Waals surface area contributed by atoms with Gasteiger partial charge in [0.25, 0.3) is 5.91 Å². The summed E-state index contributed by atoms with van der Waals surface area (Å²) in [6.07, 6.45) is 0.787. The number of carbonyl (C=O) groups is 1. The molecule has 0 radical (unpaired) electrons. The summed E-state index contributed by atoms with van der Waals surface area (Å²) in [5, 5.41) is 8.28. The molecule has 7 nitrogen and oxygen atoms in total. The minimum Gasteiger partial charge on any atom is -0.493 e. The SMILES string of the molecule is CCn1nnc2cc(C(=O)N3CCc4cc(OC)c(OC)cc4C3)ccc21. The summed E-state index contributed by atoms with van der Waals surface area (Å²) in [4.78, 5) is 14.9. The van der Waals surface area contributed by atoms with Crippen molar-refractivity contribution in [1.29, 1.82) is 0 Å². The molecule has 1 aromatic heterocycles. The first-order valence-corrected chi connectivity index (χ1v) is 9.01. The second-order valence-corrected chi connectivity index (χ2v) is 6.56. The lowest BCUT2D eigenvalue weighted by Gasteiger charge is -2.29. The lowest BCUT2D eigenvalue weighted by Crippen LogP contribution is -2.36. The maximum atomic E-state index is 13.0. The number of rotatable bonds is 4. The van der Waals surface area contributed by atoms with Gasteiger partial charge in [-0.3, -0.25) is 4.79 Å². The van der Waals surface area contributed by atoms with Gasteiger partial charge in [0.1, 0.15) is 5.52 Å². The first kappa shape index (κ1) is 17.3. The van der Waals surface area contributed by atoms with Gasteiger partial charge in [0.2, 0.25) is 0 Å². The van der Waals surface area contributed by atoms with Gasteiger partial charge in [-0.05, 0) is 54.8 Å². The molecule has 1 aliphatic heterocycles. The summed E-state index contributed by atoms with van der Waals surface area (Å²) in [6.45, 7) is 3.98. The summed E-state index contributed by atoms with van der Waals surface area (Å²) < 4.78 is 12.6. The Morgan fingerprint density at radius 2 is 1.85 bits per heavy atom. The van der Waals surface area contributed by atoms with Crippen LogP contribution in [0.1, 0.15) is 28.4 Å². The van der Waals surface area contributed by atoms with Crippen molar-refractivity contribution >= 4 is 16.9 Å². The van der Waals surface area contributed by atoms with Crippen molar-refractivity contribution in [3.8, 4) is 11.5 Å². The molecular weight excluding hydrogens is 344 g/mol. The van der Waals surface area contributed by atoms with Gasteiger partial charge in [-0.15, -0.1) is 5.10 Å². The number of amides is 1. The quantitative estimate of drug-likeness (QED) is 0.710. The first-order valence-electron chi connectivity index (χ1n) is 9.01. The summed E-state index contributed by atoms with van der Waals surface area (Å²) in [5.74, 6) is 1.41. The molecule has 2 aromatic carbocycles. The zero-order chi connectivity index (χ0) is 19.0. The molecule has 1 aliphatic rings. The van der Waals surface area contributed by atoms with Crippen molar-refractivity contribution in [3.05, 3.63) is 47.0 Å². The third-order valence-electron chi connectivity index (χ3n) is 5.07. The number of ether oxygens (including phenoxy) is 2. The van der Waals surface area contributed by atoms with E-state index in [-0.39, 0.29) is 5.91 Å². The number of fused-ring (bicyclic) bond motifs is 2. The zero-order valence-electron chi connectivity index (χ0n) is 15.7. The second-order valence-electron chi connectivity index (χ2n) is 6.56. The van der Waals surface area contributed by atoms with E-state index in [1.807, 2.05) is 46.8 Å². The van der Waals surface area contributed by atoms with Gasteiger partial charge in [-0.2, -0.15) is 0 Å². The number of benzene rings is 2. The maximum Gasteiger partial charge on any atom is 0.254 e. The molecule has 140 valence electrons. The van der Waals surface area contributed by atoms with Crippen molar-refractivity contribution in [2.75, 3.05) is 20.8 Å². The Kier molecular flexibility index (Phi) is 4.43. The molecule has 0 atom stereocenters. The van der Waals surface area contributed by atoms with Gasteiger partial charge in [0.05, 0.1) is 19.7 Å². The number of aryl methyl sites for hydroxylation is 1.